The molecule has 0 aliphatic heterocycles. The molecule has 0 fully saturated rings. The Labute approximate surface area is 175 Å². The fourth-order valence-corrected chi connectivity index (χ4v) is 2.70. The summed E-state index contributed by atoms with van der Waals surface area (Å²) in [6, 6.07) is 11.5. The van der Waals surface area contributed by atoms with Crippen molar-refractivity contribution in [2.45, 2.75) is 25.7 Å². The Morgan fingerprint density at radius 1 is 0.774 bits per heavy atom. The van der Waals surface area contributed by atoms with Gasteiger partial charge in [0.25, 0.3) is 0 Å². The Bertz CT molecular complexity index is 1140. The maximum Gasteiger partial charge on any atom is 0.227 e. The number of carboxylic acid groups (broad SMARTS) is 2. The predicted octanol–water partition coefficient (Wildman–Crippen LogP) is 0.432. The first-order valence-corrected chi connectivity index (χ1v) is 9.30. The average Bonchev–Trinajstić information content (AvgIpc) is 3.14. The van der Waals surface area contributed by atoms with Crippen LogP contribution in [-0.2, 0) is 19.2 Å². The Morgan fingerprint density at radius 3 is 1.90 bits per heavy atom. The topological polar surface area (TPSA) is 164 Å². The van der Waals surface area contributed by atoms with E-state index in [1.165, 1.54) is 0 Å². The van der Waals surface area contributed by atoms with Gasteiger partial charge in [-0.15, -0.1) is 0 Å². The summed E-state index contributed by atoms with van der Waals surface area (Å²) < 4.78 is 5.73. The second-order valence-electron chi connectivity index (χ2n) is 6.62. The maximum absolute atomic E-state index is 11.8. The molecule has 10 nitrogen and oxygen atoms in total. The van der Waals surface area contributed by atoms with Crippen LogP contribution in [0, 0.1) is 0 Å². The summed E-state index contributed by atoms with van der Waals surface area (Å²) in [5.74, 6) is -3.16. The number of hydrogen-bond donors (Lipinski definition) is 2. The van der Waals surface area contributed by atoms with Gasteiger partial charge in [-0.3, -0.25) is 9.59 Å². The number of fused-ring (bicyclic) bond motifs is 1. The molecule has 0 spiro atoms. The van der Waals surface area contributed by atoms with Crippen LogP contribution >= 0.6 is 0 Å². The normalized spacial score (nSPS) is 10.6. The van der Waals surface area contributed by atoms with Crippen molar-refractivity contribution in [3.8, 4) is 11.5 Å². The second-order valence-corrected chi connectivity index (χ2v) is 6.62. The molecule has 2 N–H and O–H groups in total. The van der Waals surface area contributed by atoms with E-state index < -0.39 is 23.8 Å². The highest BCUT2D eigenvalue weighted by Crippen LogP contribution is 2.27. The van der Waals surface area contributed by atoms with Crippen molar-refractivity contribution in [1.29, 1.82) is 0 Å². The molecular weight excluding hydrogens is 406 g/mol. The van der Waals surface area contributed by atoms with Crippen molar-refractivity contribution in [3.05, 3.63) is 42.5 Å². The van der Waals surface area contributed by atoms with Gasteiger partial charge in [0.05, 0.1) is 0 Å². The number of nitrogens with zero attached hydrogens (tertiary/aromatic N) is 1. The van der Waals surface area contributed by atoms with E-state index in [2.05, 4.69) is 15.6 Å². The number of carbonyl (C=O) groups excluding carboxylic acids is 4. The number of carboxylic acids is 2. The highest BCUT2D eigenvalue weighted by atomic mass is 16.4. The second kappa shape index (κ2) is 9.53. The molecule has 160 valence electrons. The number of aliphatic carboxylic acids is 2. The number of amides is 2. The Balaban J connectivity index is 1.67. The van der Waals surface area contributed by atoms with E-state index in [0.717, 1.165) is 0 Å². The van der Waals surface area contributed by atoms with Crippen LogP contribution < -0.4 is 20.8 Å². The summed E-state index contributed by atoms with van der Waals surface area (Å²) in [7, 11) is 0. The van der Waals surface area contributed by atoms with Gasteiger partial charge in [0, 0.05) is 47.8 Å². The molecule has 0 saturated heterocycles. The van der Waals surface area contributed by atoms with Crippen LogP contribution in [0.5, 0.6) is 0 Å². The van der Waals surface area contributed by atoms with Crippen molar-refractivity contribution in [3.63, 3.8) is 0 Å². The van der Waals surface area contributed by atoms with Gasteiger partial charge < -0.3 is 34.9 Å². The monoisotopic (exact) mass is 423 g/mol. The lowest BCUT2D eigenvalue weighted by molar-refractivity contribution is -0.307. The summed E-state index contributed by atoms with van der Waals surface area (Å²) in [5, 5.41) is 26.0. The number of rotatable bonds is 9. The van der Waals surface area contributed by atoms with E-state index in [-0.39, 0.29) is 25.7 Å². The molecule has 0 aliphatic carbocycles. The zero-order valence-corrected chi connectivity index (χ0v) is 16.2. The van der Waals surface area contributed by atoms with Crippen LogP contribution in [0.2, 0.25) is 0 Å². The minimum absolute atomic E-state index is 0.179. The Morgan fingerprint density at radius 2 is 1.32 bits per heavy atom. The summed E-state index contributed by atoms with van der Waals surface area (Å²) in [6.45, 7) is 0. The Kier molecular flexibility index (Phi) is 6.61. The summed E-state index contributed by atoms with van der Waals surface area (Å²) in [5.41, 5.74) is 2.55. The lowest BCUT2D eigenvalue weighted by atomic mass is 10.2. The molecule has 3 rings (SSSR count). The van der Waals surface area contributed by atoms with Crippen LogP contribution in [0.1, 0.15) is 25.7 Å². The molecule has 0 unspecified atom stereocenters. The molecule has 0 atom stereocenters. The van der Waals surface area contributed by atoms with Gasteiger partial charge in [-0.1, -0.05) is 0 Å². The van der Waals surface area contributed by atoms with E-state index in [9.17, 15) is 29.4 Å². The van der Waals surface area contributed by atoms with E-state index in [1.54, 1.807) is 42.5 Å². The van der Waals surface area contributed by atoms with E-state index >= 15 is 0 Å². The first kappa shape index (κ1) is 21.5. The molecule has 0 bridgehead atoms. The molecule has 0 radical (unpaired) electrons. The van der Waals surface area contributed by atoms with Gasteiger partial charge in [0.15, 0.2) is 5.58 Å². The van der Waals surface area contributed by atoms with Crippen LogP contribution in [0.15, 0.2) is 46.9 Å². The third-order valence-corrected chi connectivity index (χ3v) is 4.20. The molecular formula is C21H17N3O7-2. The first-order valence-electron chi connectivity index (χ1n) is 9.30. The molecule has 0 aliphatic rings. The fraction of sp³-hybridized carbons (Fsp3) is 0.190. The van der Waals surface area contributed by atoms with Gasteiger partial charge in [0.1, 0.15) is 5.52 Å². The summed E-state index contributed by atoms with van der Waals surface area (Å²) >= 11 is 0. The molecule has 1 heterocycles. The Hall–Kier alpha value is -4.21. The summed E-state index contributed by atoms with van der Waals surface area (Å²) in [6.07, 6.45) is -1.10. The zero-order valence-electron chi connectivity index (χ0n) is 16.2. The minimum atomic E-state index is -1.30. The van der Waals surface area contributed by atoms with Crippen LogP contribution in [0.4, 0.5) is 11.4 Å². The van der Waals surface area contributed by atoms with Crippen LogP contribution in [0.25, 0.3) is 22.6 Å². The van der Waals surface area contributed by atoms with Crippen molar-refractivity contribution < 1.29 is 33.8 Å². The van der Waals surface area contributed by atoms with Gasteiger partial charge in [0.2, 0.25) is 17.7 Å². The molecule has 2 amide bonds. The predicted molar refractivity (Wildman–Crippen MR) is 105 cm³/mol. The largest absolute Gasteiger partial charge is 0.550 e. The van der Waals surface area contributed by atoms with E-state index in [0.29, 0.717) is 33.9 Å². The average molecular weight is 423 g/mol. The van der Waals surface area contributed by atoms with E-state index in [1.807, 2.05) is 0 Å². The third-order valence-electron chi connectivity index (χ3n) is 4.20. The third kappa shape index (κ3) is 6.13. The standard InChI is InChI=1S/C21H19N3O7/c25-17(7-9-19(27)28)22-13-3-1-12(2-4-13)21-24-15-6-5-14(11-16(15)31-21)23-18(26)8-10-20(29)30/h1-6,11H,7-10H2,(H,22,25)(H,23,26)(H,27,28)(H,29,30)/p-2. The highest BCUT2D eigenvalue weighted by Gasteiger charge is 2.11. The molecule has 31 heavy (non-hydrogen) atoms. The van der Waals surface area contributed by atoms with Crippen molar-refractivity contribution in [2.75, 3.05) is 10.6 Å². The number of oxazole rings is 1. The van der Waals surface area contributed by atoms with E-state index in [4.69, 9.17) is 4.42 Å². The quantitative estimate of drug-likeness (QED) is 0.500. The van der Waals surface area contributed by atoms with Gasteiger partial charge in [-0.2, -0.15) is 0 Å². The molecule has 2 aromatic carbocycles. The van der Waals surface area contributed by atoms with Gasteiger partial charge >= 0.3 is 0 Å². The molecule has 0 saturated carbocycles. The maximum atomic E-state index is 11.8. The van der Waals surface area contributed by atoms with Gasteiger partial charge in [-0.25, -0.2) is 4.98 Å². The van der Waals surface area contributed by atoms with Crippen molar-refractivity contribution in [2.24, 2.45) is 0 Å². The van der Waals surface area contributed by atoms with Crippen molar-refractivity contribution in [1.82, 2.24) is 4.98 Å². The number of carbonyl (C=O) groups is 4. The number of anilines is 2. The molecule has 3 aromatic rings. The molecule has 10 heteroatoms. The minimum Gasteiger partial charge on any atom is -0.550 e. The summed E-state index contributed by atoms with van der Waals surface area (Å²) in [4.78, 5) is 48.6. The number of hydrogen-bond acceptors (Lipinski definition) is 8. The lowest BCUT2D eigenvalue weighted by Gasteiger charge is -2.06. The number of aromatic nitrogens is 1. The zero-order chi connectivity index (χ0) is 22.4. The number of benzene rings is 2. The lowest BCUT2D eigenvalue weighted by Crippen LogP contribution is -2.24. The van der Waals surface area contributed by atoms with Crippen LogP contribution in [-0.4, -0.2) is 28.7 Å². The number of nitrogens with one attached hydrogen (secondary N) is 2. The van der Waals surface area contributed by atoms with Gasteiger partial charge in [-0.05, 0) is 49.2 Å². The SMILES string of the molecule is O=C([O-])CCC(=O)Nc1ccc(-c2nc3ccc(NC(=O)CCC(=O)[O-])cc3o2)cc1. The molecule has 1 aromatic heterocycles. The fourth-order valence-electron chi connectivity index (χ4n) is 2.70. The first-order chi connectivity index (χ1) is 14.8. The van der Waals surface area contributed by atoms with Crippen molar-refractivity contribution >= 4 is 46.2 Å². The smallest absolute Gasteiger partial charge is 0.227 e. The highest BCUT2D eigenvalue weighted by molar-refractivity contribution is 5.94. The van der Waals surface area contributed by atoms with Crippen LogP contribution in [0.3, 0.4) is 0 Å².